The van der Waals surface area contributed by atoms with E-state index in [2.05, 4.69) is 36.3 Å². The van der Waals surface area contributed by atoms with E-state index < -0.39 is 0 Å². The Balaban J connectivity index is 1.47. The average molecular weight is 385 g/mol. The Morgan fingerprint density at radius 2 is 1.90 bits per heavy atom. The van der Waals surface area contributed by atoms with Crippen molar-refractivity contribution in [3.05, 3.63) is 82.3 Å². The third-order valence-electron chi connectivity index (χ3n) is 5.05. The Bertz CT molecular complexity index is 1250. The van der Waals surface area contributed by atoms with Gasteiger partial charge in [0.2, 0.25) is 0 Å². The molecule has 0 fully saturated rings. The molecule has 0 aromatic carbocycles. The van der Waals surface area contributed by atoms with E-state index in [4.69, 9.17) is 0 Å². The molecular weight excluding hydrogens is 366 g/mol. The Kier molecular flexibility index (Phi) is 4.16. The molecule has 0 spiro atoms. The van der Waals surface area contributed by atoms with E-state index in [9.17, 15) is 4.79 Å². The summed E-state index contributed by atoms with van der Waals surface area (Å²) in [6.45, 7) is 3.48. The molecule has 8 heteroatoms. The molecule has 4 aromatic heterocycles. The predicted octanol–water partition coefficient (Wildman–Crippen LogP) is 2.49. The minimum atomic E-state index is -0.181. The number of anilines is 3. The smallest absolute Gasteiger partial charge is 0.274 e. The quantitative estimate of drug-likeness (QED) is 0.580. The molecule has 144 valence electrons. The maximum atomic E-state index is 12.2. The summed E-state index contributed by atoms with van der Waals surface area (Å²) in [5.74, 6) is 0.797. The van der Waals surface area contributed by atoms with Crippen LogP contribution in [0.25, 0.3) is 5.65 Å². The van der Waals surface area contributed by atoms with Crippen molar-refractivity contribution in [2.75, 3.05) is 16.8 Å². The summed E-state index contributed by atoms with van der Waals surface area (Å²) >= 11 is 0. The number of hydrogen-bond acceptors (Lipinski definition) is 7. The highest BCUT2D eigenvalue weighted by Crippen LogP contribution is 2.27. The second-order valence-corrected chi connectivity index (χ2v) is 7.07. The van der Waals surface area contributed by atoms with E-state index in [1.54, 1.807) is 12.4 Å². The highest BCUT2D eigenvalue weighted by Gasteiger charge is 2.21. The summed E-state index contributed by atoms with van der Waals surface area (Å²) in [5, 5.41) is 7.95. The normalized spacial score (nSPS) is 13.3. The molecule has 8 nitrogen and oxygen atoms in total. The lowest BCUT2D eigenvalue weighted by atomic mass is 10.0. The van der Waals surface area contributed by atoms with Crippen LogP contribution in [0.1, 0.15) is 16.8 Å². The molecular formula is C21H19N7O. The number of nitrogens with zero attached hydrogens (tertiary/aromatic N) is 6. The zero-order chi connectivity index (χ0) is 19.8. The number of hydrogen-bond donors (Lipinski definition) is 1. The highest BCUT2D eigenvalue weighted by molar-refractivity contribution is 5.60. The zero-order valence-corrected chi connectivity index (χ0v) is 15.9. The molecule has 0 bridgehead atoms. The molecule has 0 atom stereocenters. The summed E-state index contributed by atoms with van der Waals surface area (Å²) in [6, 6.07) is 9.28. The molecule has 0 radical (unpaired) electrons. The van der Waals surface area contributed by atoms with Crippen molar-refractivity contribution in [1.82, 2.24) is 24.6 Å². The molecule has 0 aliphatic carbocycles. The number of rotatable bonds is 3. The fraction of sp³-hybridized carbons (Fsp3) is 0.190. The maximum absolute atomic E-state index is 12.2. The van der Waals surface area contributed by atoms with E-state index in [1.165, 1.54) is 16.8 Å². The van der Waals surface area contributed by atoms with Crippen LogP contribution in [0.3, 0.4) is 0 Å². The van der Waals surface area contributed by atoms with E-state index >= 15 is 0 Å². The van der Waals surface area contributed by atoms with Gasteiger partial charge in [-0.25, -0.2) is 4.98 Å². The lowest BCUT2D eigenvalue weighted by molar-refractivity contribution is 0.686. The maximum Gasteiger partial charge on any atom is 0.274 e. The second-order valence-electron chi connectivity index (χ2n) is 7.07. The summed E-state index contributed by atoms with van der Waals surface area (Å²) in [6.07, 6.45) is 7.70. The minimum Gasteiger partial charge on any atom is -0.354 e. The topological polar surface area (TPSA) is 88.3 Å². The first-order valence-corrected chi connectivity index (χ1v) is 9.43. The highest BCUT2D eigenvalue weighted by atomic mass is 16.1. The van der Waals surface area contributed by atoms with Crippen molar-refractivity contribution < 1.29 is 0 Å². The molecule has 5 heterocycles. The van der Waals surface area contributed by atoms with Crippen LogP contribution in [0.2, 0.25) is 0 Å². The van der Waals surface area contributed by atoms with Gasteiger partial charge in [0.15, 0.2) is 11.5 Å². The Morgan fingerprint density at radius 1 is 1.03 bits per heavy atom. The zero-order valence-electron chi connectivity index (χ0n) is 15.9. The van der Waals surface area contributed by atoms with Crippen molar-refractivity contribution in [3.63, 3.8) is 0 Å². The minimum absolute atomic E-state index is 0.181. The largest absolute Gasteiger partial charge is 0.354 e. The van der Waals surface area contributed by atoms with Gasteiger partial charge in [-0.15, -0.1) is 5.10 Å². The van der Waals surface area contributed by atoms with Gasteiger partial charge in [0.25, 0.3) is 5.56 Å². The van der Waals surface area contributed by atoms with Crippen LogP contribution >= 0.6 is 0 Å². The lowest BCUT2D eigenvalue weighted by Crippen LogP contribution is -2.33. The summed E-state index contributed by atoms with van der Waals surface area (Å²) in [4.78, 5) is 27.3. The molecule has 29 heavy (non-hydrogen) atoms. The monoisotopic (exact) mass is 385 g/mol. The Hall–Kier alpha value is -3.81. The van der Waals surface area contributed by atoms with Gasteiger partial charge in [0.1, 0.15) is 0 Å². The van der Waals surface area contributed by atoms with Crippen LogP contribution in [0.15, 0.2) is 59.9 Å². The Morgan fingerprint density at radius 3 is 2.76 bits per heavy atom. The van der Waals surface area contributed by atoms with Crippen LogP contribution in [0.5, 0.6) is 0 Å². The van der Waals surface area contributed by atoms with Gasteiger partial charge in [0, 0.05) is 55.5 Å². The molecule has 1 N–H and O–H groups in total. The summed E-state index contributed by atoms with van der Waals surface area (Å²) in [5.41, 5.74) is 5.51. The summed E-state index contributed by atoms with van der Waals surface area (Å²) in [7, 11) is 0. The van der Waals surface area contributed by atoms with Gasteiger partial charge in [0.05, 0.1) is 11.9 Å². The molecule has 0 amide bonds. The second kappa shape index (κ2) is 6.97. The van der Waals surface area contributed by atoms with Crippen LogP contribution in [0.4, 0.5) is 17.2 Å². The van der Waals surface area contributed by atoms with E-state index in [0.717, 1.165) is 47.0 Å². The van der Waals surface area contributed by atoms with Gasteiger partial charge in [-0.1, -0.05) is 0 Å². The SMILES string of the molecule is Cc1cc2nccc(=O)n2nc1N1CCc2ncc(Nc3ccncc3)cc2C1. The first-order chi connectivity index (χ1) is 14.2. The van der Waals surface area contributed by atoms with Gasteiger partial charge >= 0.3 is 0 Å². The standard InChI is InChI=1S/C21H19N7O/c1-14-10-19-23-8-4-20(29)28(19)26-21(14)27-9-5-18-15(13-27)11-17(12-24-18)25-16-2-6-22-7-3-16/h2-4,6-8,10-12H,5,9,13H2,1H3,(H,22,25). The molecule has 4 aromatic rings. The van der Waals surface area contributed by atoms with Crippen LogP contribution in [-0.2, 0) is 13.0 Å². The predicted molar refractivity (Wildman–Crippen MR) is 111 cm³/mol. The number of nitrogens with one attached hydrogen (secondary N) is 1. The molecule has 0 saturated carbocycles. The number of aromatic nitrogens is 5. The van der Waals surface area contributed by atoms with Gasteiger partial charge < -0.3 is 10.2 Å². The van der Waals surface area contributed by atoms with Crippen molar-refractivity contribution in [1.29, 1.82) is 0 Å². The fourth-order valence-corrected chi connectivity index (χ4v) is 3.64. The van der Waals surface area contributed by atoms with Gasteiger partial charge in [-0.05, 0) is 42.3 Å². The fourth-order valence-electron chi connectivity index (χ4n) is 3.64. The van der Waals surface area contributed by atoms with Crippen LogP contribution in [-0.4, -0.2) is 31.1 Å². The summed E-state index contributed by atoms with van der Waals surface area (Å²) < 4.78 is 1.36. The number of fused-ring (bicyclic) bond motifs is 2. The van der Waals surface area contributed by atoms with Crippen molar-refractivity contribution in [3.8, 4) is 0 Å². The first-order valence-electron chi connectivity index (χ1n) is 9.43. The third-order valence-corrected chi connectivity index (χ3v) is 5.05. The third kappa shape index (κ3) is 3.29. The molecule has 0 saturated heterocycles. The van der Waals surface area contributed by atoms with E-state index in [0.29, 0.717) is 12.2 Å². The lowest BCUT2D eigenvalue weighted by Gasteiger charge is -2.30. The van der Waals surface area contributed by atoms with Crippen molar-refractivity contribution >= 4 is 22.8 Å². The first kappa shape index (κ1) is 17.3. The van der Waals surface area contributed by atoms with E-state index in [1.807, 2.05) is 31.3 Å². The molecule has 5 rings (SSSR count). The number of aryl methyl sites for hydroxylation is 1. The molecule has 1 aliphatic rings. The number of pyridine rings is 2. The molecule has 1 aliphatic heterocycles. The van der Waals surface area contributed by atoms with Gasteiger partial charge in [-0.2, -0.15) is 4.52 Å². The van der Waals surface area contributed by atoms with Gasteiger partial charge in [-0.3, -0.25) is 14.8 Å². The Labute approximate surface area is 166 Å². The van der Waals surface area contributed by atoms with Crippen molar-refractivity contribution in [2.45, 2.75) is 19.9 Å². The van der Waals surface area contributed by atoms with E-state index in [-0.39, 0.29) is 5.56 Å². The molecule has 0 unspecified atom stereocenters. The average Bonchev–Trinajstić information content (AvgIpc) is 2.74. The van der Waals surface area contributed by atoms with Crippen molar-refractivity contribution in [2.24, 2.45) is 0 Å². The van der Waals surface area contributed by atoms with Crippen LogP contribution < -0.4 is 15.8 Å². The van der Waals surface area contributed by atoms with Crippen LogP contribution in [0, 0.1) is 6.92 Å².